The number of carbonyl (C=O) groups excluding carboxylic acids is 1. The van der Waals surface area contributed by atoms with Crippen LogP contribution in [0.4, 0.5) is 4.39 Å². The Morgan fingerprint density at radius 2 is 1.95 bits per heavy atom. The molecule has 1 aromatic carbocycles. The molecular weight excluding hydrogens is 263 g/mol. The van der Waals surface area contributed by atoms with E-state index in [0.29, 0.717) is 18.9 Å². The predicted molar refractivity (Wildman–Crippen MR) is 71.7 cm³/mol. The zero-order valence-electron chi connectivity index (χ0n) is 11.5. The van der Waals surface area contributed by atoms with Gasteiger partial charge in [0.15, 0.2) is 5.79 Å². The zero-order chi connectivity index (χ0) is 14.6. The van der Waals surface area contributed by atoms with Crippen LogP contribution in [0.2, 0.25) is 0 Å². The number of hydrogen-bond acceptors (Lipinski definition) is 4. The lowest BCUT2D eigenvalue weighted by atomic mass is 10.1. The molecule has 1 aliphatic heterocycles. The van der Waals surface area contributed by atoms with Gasteiger partial charge in [-0.2, -0.15) is 5.10 Å². The molecule has 6 heteroatoms. The van der Waals surface area contributed by atoms with E-state index in [1.165, 1.54) is 12.1 Å². The molecule has 0 unspecified atom stereocenters. The monoisotopic (exact) mass is 280 g/mol. The van der Waals surface area contributed by atoms with Crippen LogP contribution in [-0.4, -0.2) is 30.6 Å². The molecule has 1 fully saturated rings. The molecule has 20 heavy (non-hydrogen) atoms. The first-order valence-electron chi connectivity index (χ1n) is 6.35. The number of benzene rings is 1. The van der Waals surface area contributed by atoms with Gasteiger partial charge in [0.2, 0.25) is 5.91 Å². The molecule has 2 rings (SSSR count). The summed E-state index contributed by atoms with van der Waals surface area (Å²) in [5.74, 6) is -1.48. The second kappa shape index (κ2) is 6.11. The third-order valence-corrected chi connectivity index (χ3v) is 2.99. The van der Waals surface area contributed by atoms with Gasteiger partial charge in [-0.15, -0.1) is 0 Å². The van der Waals surface area contributed by atoms with Gasteiger partial charge in [0.25, 0.3) is 0 Å². The Hall–Kier alpha value is -1.79. The lowest BCUT2D eigenvalue weighted by molar-refractivity contribution is -0.159. The highest BCUT2D eigenvalue weighted by Crippen LogP contribution is 2.22. The van der Waals surface area contributed by atoms with Crippen LogP contribution in [0.15, 0.2) is 29.4 Å². The molecule has 0 radical (unpaired) electrons. The summed E-state index contributed by atoms with van der Waals surface area (Å²) >= 11 is 0. The van der Waals surface area contributed by atoms with Crippen molar-refractivity contribution in [1.82, 2.24) is 5.43 Å². The van der Waals surface area contributed by atoms with Crippen molar-refractivity contribution < 1.29 is 18.7 Å². The van der Waals surface area contributed by atoms with Gasteiger partial charge >= 0.3 is 0 Å². The fourth-order valence-electron chi connectivity index (χ4n) is 1.89. The van der Waals surface area contributed by atoms with Crippen molar-refractivity contribution in [3.63, 3.8) is 0 Å². The van der Waals surface area contributed by atoms with Crippen LogP contribution >= 0.6 is 0 Å². The Kier molecular flexibility index (Phi) is 4.46. The number of halogens is 1. The smallest absolute Gasteiger partial charge is 0.245 e. The summed E-state index contributed by atoms with van der Waals surface area (Å²) in [6, 6.07) is 5.89. The van der Waals surface area contributed by atoms with Gasteiger partial charge in [-0.25, -0.2) is 9.82 Å². The fourth-order valence-corrected chi connectivity index (χ4v) is 1.89. The largest absolute Gasteiger partial charge is 0.347 e. The van der Waals surface area contributed by atoms with E-state index in [1.54, 1.807) is 26.0 Å². The first-order valence-corrected chi connectivity index (χ1v) is 6.35. The van der Waals surface area contributed by atoms with Crippen LogP contribution in [0.5, 0.6) is 0 Å². The van der Waals surface area contributed by atoms with E-state index < -0.39 is 5.79 Å². The molecule has 1 amide bonds. The van der Waals surface area contributed by atoms with Crippen molar-refractivity contribution in [3.05, 3.63) is 35.6 Å². The average molecular weight is 280 g/mol. The van der Waals surface area contributed by atoms with Crippen molar-refractivity contribution in [2.45, 2.75) is 26.1 Å². The molecule has 5 nitrogen and oxygen atoms in total. The Labute approximate surface area is 116 Å². The number of amides is 1. The second-order valence-corrected chi connectivity index (χ2v) is 4.75. The standard InChI is InChI=1S/C14H17FN2O3/c1-10(11-3-5-12(15)6-4-11)16-17-13(18)9-14(2)19-7-8-20-14/h3-6H,7-9H2,1-2H3,(H,17,18)/b16-10-. The third-order valence-electron chi connectivity index (χ3n) is 2.99. The van der Waals surface area contributed by atoms with E-state index in [-0.39, 0.29) is 18.1 Å². The van der Waals surface area contributed by atoms with Crippen molar-refractivity contribution in [3.8, 4) is 0 Å². The van der Waals surface area contributed by atoms with E-state index in [9.17, 15) is 9.18 Å². The molecule has 0 spiro atoms. The number of ether oxygens (including phenoxy) is 2. The topological polar surface area (TPSA) is 59.9 Å². The van der Waals surface area contributed by atoms with Crippen LogP contribution in [0.3, 0.4) is 0 Å². The normalized spacial score (nSPS) is 18.1. The SMILES string of the molecule is C/C(=N/NC(=O)CC1(C)OCCO1)c1ccc(F)cc1. The molecule has 108 valence electrons. The van der Waals surface area contributed by atoms with Crippen molar-refractivity contribution in [2.75, 3.05) is 13.2 Å². The maximum atomic E-state index is 12.8. The Morgan fingerprint density at radius 3 is 2.55 bits per heavy atom. The summed E-state index contributed by atoms with van der Waals surface area (Å²) < 4.78 is 23.5. The number of hydrazone groups is 1. The minimum Gasteiger partial charge on any atom is -0.347 e. The summed E-state index contributed by atoms with van der Waals surface area (Å²) in [6.07, 6.45) is 0.0766. The molecular formula is C14H17FN2O3. The van der Waals surface area contributed by atoms with Crippen LogP contribution in [0, 0.1) is 5.82 Å². The predicted octanol–water partition coefficient (Wildman–Crippen LogP) is 1.82. The van der Waals surface area contributed by atoms with Gasteiger partial charge in [-0.1, -0.05) is 12.1 Å². The molecule has 0 bridgehead atoms. The number of hydrogen-bond donors (Lipinski definition) is 1. The van der Waals surface area contributed by atoms with Gasteiger partial charge in [-0.05, 0) is 31.5 Å². The van der Waals surface area contributed by atoms with Crippen molar-refractivity contribution in [2.24, 2.45) is 5.10 Å². The zero-order valence-corrected chi connectivity index (χ0v) is 11.5. The minimum atomic E-state index is -0.872. The first kappa shape index (κ1) is 14.6. The van der Waals surface area contributed by atoms with Gasteiger partial charge in [0.1, 0.15) is 5.82 Å². The summed E-state index contributed by atoms with van der Waals surface area (Å²) in [5.41, 5.74) is 3.78. The maximum Gasteiger partial charge on any atom is 0.245 e. The molecule has 1 aromatic rings. The van der Waals surface area contributed by atoms with E-state index >= 15 is 0 Å². The third kappa shape index (κ3) is 3.85. The number of carbonyl (C=O) groups is 1. The molecule has 1 saturated heterocycles. The van der Waals surface area contributed by atoms with E-state index in [1.807, 2.05) is 0 Å². The molecule has 0 saturated carbocycles. The molecule has 1 N–H and O–H groups in total. The van der Waals surface area contributed by atoms with E-state index in [2.05, 4.69) is 10.5 Å². The average Bonchev–Trinajstić information content (AvgIpc) is 2.83. The highest BCUT2D eigenvalue weighted by molar-refractivity contribution is 5.99. The summed E-state index contributed by atoms with van der Waals surface area (Å²) in [7, 11) is 0. The van der Waals surface area contributed by atoms with Crippen molar-refractivity contribution in [1.29, 1.82) is 0 Å². The summed E-state index contributed by atoms with van der Waals surface area (Å²) in [4.78, 5) is 11.8. The number of rotatable bonds is 4. The molecule has 0 atom stereocenters. The Balaban J connectivity index is 1.91. The van der Waals surface area contributed by atoms with Crippen LogP contribution < -0.4 is 5.43 Å². The maximum absolute atomic E-state index is 12.8. The van der Waals surface area contributed by atoms with Gasteiger partial charge < -0.3 is 9.47 Å². The molecule has 0 aliphatic carbocycles. The summed E-state index contributed by atoms with van der Waals surface area (Å²) in [6.45, 7) is 4.43. The summed E-state index contributed by atoms with van der Waals surface area (Å²) in [5, 5.41) is 3.98. The number of nitrogens with zero attached hydrogens (tertiary/aromatic N) is 1. The minimum absolute atomic E-state index is 0.0766. The van der Waals surface area contributed by atoms with Gasteiger partial charge in [-0.3, -0.25) is 4.79 Å². The molecule has 0 aromatic heterocycles. The van der Waals surface area contributed by atoms with Crippen LogP contribution in [0.25, 0.3) is 0 Å². The Bertz CT molecular complexity index is 508. The molecule has 1 aliphatic rings. The van der Waals surface area contributed by atoms with E-state index in [4.69, 9.17) is 9.47 Å². The van der Waals surface area contributed by atoms with Gasteiger partial charge in [0.05, 0.1) is 25.3 Å². The molecule has 1 heterocycles. The highest BCUT2D eigenvalue weighted by Gasteiger charge is 2.33. The van der Waals surface area contributed by atoms with Crippen LogP contribution in [0.1, 0.15) is 25.8 Å². The lowest BCUT2D eigenvalue weighted by Gasteiger charge is -2.20. The number of nitrogens with one attached hydrogen (secondary N) is 1. The first-order chi connectivity index (χ1) is 9.48. The van der Waals surface area contributed by atoms with Gasteiger partial charge in [0, 0.05) is 0 Å². The van der Waals surface area contributed by atoms with Crippen molar-refractivity contribution >= 4 is 11.6 Å². The highest BCUT2D eigenvalue weighted by atomic mass is 19.1. The fraction of sp³-hybridized carbons (Fsp3) is 0.429. The Morgan fingerprint density at radius 1 is 1.35 bits per heavy atom. The quantitative estimate of drug-likeness (QED) is 0.676. The van der Waals surface area contributed by atoms with Crippen LogP contribution in [-0.2, 0) is 14.3 Å². The van der Waals surface area contributed by atoms with E-state index in [0.717, 1.165) is 5.56 Å². The lowest BCUT2D eigenvalue weighted by Crippen LogP contribution is -2.33. The second-order valence-electron chi connectivity index (χ2n) is 4.75.